The van der Waals surface area contributed by atoms with Gasteiger partial charge in [-0.3, -0.25) is 28.5 Å². The van der Waals surface area contributed by atoms with E-state index in [9.17, 15) is 34.0 Å². The Balaban J connectivity index is 1.82. The lowest BCUT2D eigenvalue weighted by molar-refractivity contribution is -0.147. The molecule has 262 valence electrons. The molecule has 6 atom stereocenters. The van der Waals surface area contributed by atoms with E-state index in [2.05, 4.69) is 10.1 Å². The van der Waals surface area contributed by atoms with Crippen LogP contribution in [0.5, 0.6) is 5.75 Å². The number of benzene rings is 1. The van der Waals surface area contributed by atoms with Gasteiger partial charge in [0.2, 0.25) is 0 Å². The number of aliphatic hydroxyl groups is 2. The maximum absolute atomic E-state index is 14.3. The topological polar surface area (TPSA) is 205 Å². The van der Waals surface area contributed by atoms with Crippen LogP contribution in [0.25, 0.3) is 0 Å². The van der Waals surface area contributed by atoms with Crippen molar-refractivity contribution >= 4 is 19.7 Å². The van der Waals surface area contributed by atoms with E-state index in [1.54, 1.807) is 18.2 Å². The molecule has 1 saturated heterocycles. The zero-order valence-corrected chi connectivity index (χ0v) is 28.2. The molecule has 1 aliphatic heterocycles. The Hall–Kier alpha value is -3.33. The molecule has 0 saturated carbocycles. The van der Waals surface area contributed by atoms with Gasteiger partial charge in [-0.2, -0.15) is 5.09 Å². The third kappa shape index (κ3) is 11.4. The summed E-state index contributed by atoms with van der Waals surface area (Å²) in [5, 5.41) is 24.6. The predicted molar refractivity (Wildman–Crippen MR) is 169 cm³/mol. The fourth-order valence-corrected chi connectivity index (χ4v) is 6.07. The Morgan fingerprint density at radius 1 is 1.04 bits per heavy atom. The summed E-state index contributed by atoms with van der Waals surface area (Å²) in [7, 11) is -4.52. The molecule has 2 heterocycles. The van der Waals surface area contributed by atoms with Gasteiger partial charge in [0.25, 0.3) is 5.56 Å². The average molecular weight is 684 g/mol. The molecule has 1 aromatic heterocycles. The molecule has 16 heteroatoms. The van der Waals surface area contributed by atoms with Crippen LogP contribution >= 0.6 is 7.75 Å². The first-order chi connectivity index (χ1) is 22.1. The van der Waals surface area contributed by atoms with Gasteiger partial charge in [0.15, 0.2) is 6.23 Å². The van der Waals surface area contributed by atoms with Crippen LogP contribution in [0.2, 0.25) is 0 Å². The summed E-state index contributed by atoms with van der Waals surface area (Å²) in [6.45, 7) is 8.78. The maximum Gasteiger partial charge on any atom is 0.459 e. The summed E-state index contributed by atoms with van der Waals surface area (Å²) < 4.78 is 43.0. The van der Waals surface area contributed by atoms with E-state index in [1.807, 2.05) is 27.7 Å². The number of rotatable bonds is 18. The van der Waals surface area contributed by atoms with E-state index in [0.717, 1.165) is 16.8 Å². The summed E-state index contributed by atoms with van der Waals surface area (Å²) >= 11 is 0. The van der Waals surface area contributed by atoms with Gasteiger partial charge in [-0.15, -0.1) is 0 Å². The normalized spacial score (nSPS) is 23.0. The molecule has 4 N–H and O–H groups in total. The summed E-state index contributed by atoms with van der Waals surface area (Å²) in [5.41, 5.74) is -3.61. The van der Waals surface area contributed by atoms with Crippen LogP contribution in [-0.2, 0) is 32.9 Å². The second-order valence-electron chi connectivity index (χ2n) is 12.4. The molecule has 1 unspecified atom stereocenters. The van der Waals surface area contributed by atoms with Gasteiger partial charge in [0.1, 0.15) is 29.6 Å². The third-order valence-corrected chi connectivity index (χ3v) is 8.94. The Kier molecular flexibility index (Phi) is 13.9. The molecule has 47 heavy (non-hydrogen) atoms. The lowest BCUT2D eigenvalue weighted by Gasteiger charge is -2.27. The van der Waals surface area contributed by atoms with Gasteiger partial charge in [-0.1, -0.05) is 45.9 Å². The lowest BCUT2D eigenvalue weighted by atomic mass is 9.96. The quantitative estimate of drug-likeness (QED) is 0.132. The monoisotopic (exact) mass is 683 g/mol. The van der Waals surface area contributed by atoms with Crippen LogP contribution in [0.3, 0.4) is 0 Å². The fraction of sp³-hybridized carbons (Fsp3) is 0.613. The van der Waals surface area contributed by atoms with Crippen molar-refractivity contribution in [3.8, 4) is 5.75 Å². The predicted octanol–water partition coefficient (Wildman–Crippen LogP) is 2.67. The number of hydrogen-bond donors (Lipinski definition) is 4. The molecule has 15 nitrogen and oxygen atoms in total. The third-order valence-electron chi connectivity index (χ3n) is 7.37. The molecule has 3 rings (SSSR count). The van der Waals surface area contributed by atoms with Gasteiger partial charge in [-0.05, 0) is 50.2 Å². The molecular weight excluding hydrogens is 637 g/mol. The van der Waals surface area contributed by atoms with Gasteiger partial charge in [0.05, 0.1) is 19.8 Å². The fourth-order valence-electron chi connectivity index (χ4n) is 4.54. The summed E-state index contributed by atoms with van der Waals surface area (Å²) in [5.74, 6) is -0.669. The van der Waals surface area contributed by atoms with Crippen molar-refractivity contribution in [3.63, 3.8) is 0 Å². The smallest absolute Gasteiger partial charge is 0.459 e. The molecule has 1 aliphatic rings. The summed E-state index contributed by atoms with van der Waals surface area (Å²) in [6, 6.07) is 7.67. The minimum absolute atomic E-state index is 0.0842. The van der Waals surface area contributed by atoms with E-state index in [0.29, 0.717) is 18.8 Å². The highest BCUT2D eigenvalue weighted by Gasteiger charge is 2.54. The molecule has 1 fully saturated rings. The highest BCUT2D eigenvalue weighted by atomic mass is 31.2. The van der Waals surface area contributed by atoms with E-state index in [1.165, 1.54) is 19.1 Å². The molecule has 0 spiro atoms. The average Bonchev–Trinajstić information content (AvgIpc) is 3.21. The number of aromatic nitrogens is 2. The van der Waals surface area contributed by atoms with Crippen LogP contribution < -0.4 is 20.9 Å². The van der Waals surface area contributed by atoms with Crippen molar-refractivity contribution in [1.82, 2.24) is 14.6 Å². The summed E-state index contributed by atoms with van der Waals surface area (Å²) in [6.07, 6.45) is -2.50. The van der Waals surface area contributed by atoms with Crippen LogP contribution in [0.1, 0.15) is 66.5 Å². The molecule has 2 aromatic rings. The largest absolute Gasteiger partial charge is 0.466 e. The number of carbonyl (C=O) groups is 2. The first-order valence-electron chi connectivity index (χ1n) is 15.6. The maximum atomic E-state index is 14.3. The summed E-state index contributed by atoms with van der Waals surface area (Å²) in [4.78, 5) is 51.6. The number of nitrogens with one attached hydrogen (secondary N) is 2. The highest BCUT2D eigenvalue weighted by Crippen LogP contribution is 2.47. The number of carbonyl (C=O) groups excluding carboxylic acids is 2. The van der Waals surface area contributed by atoms with Crippen LogP contribution in [-0.4, -0.2) is 75.4 Å². The Morgan fingerprint density at radius 3 is 2.30 bits per heavy atom. The van der Waals surface area contributed by atoms with E-state index < -0.39 is 67.6 Å². The number of esters is 2. The Morgan fingerprint density at radius 2 is 1.68 bits per heavy atom. The second kappa shape index (κ2) is 17.2. The van der Waals surface area contributed by atoms with Crippen LogP contribution in [0, 0.1) is 11.8 Å². The molecule has 1 aromatic carbocycles. The van der Waals surface area contributed by atoms with Crippen molar-refractivity contribution in [1.29, 1.82) is 0 Å². The second-order valence-corrected chi connectivity index (χ2v) is 14.1. The number of ether oxygens (including phenoxy) is 3. The number of nitrogens with zero attached hydrogens (tertiary/aromatic N) is 1. The minimum atomic E-state index is -4.52. The number of para-hydroxylation sites is 1. The first kappa shape index (κ1) is 38.1. The van der Waals surface area contributed by atoms with Crippen molar-refractivity contribution in [2.24, 2.45) is 11.8 Å². The molecule has 0 radical (unpaired) electrons. The number of hydrogen-bond acceptors (Lipinski definition) is 12. The molecule has 0 aliphatic carbocycles. The Bertz CT molecular complexity index is 1480. The zero-order chi connectivity index (χ0) is 34.8. The zero-order valence-electron chi connectivity index (χ0n) is 27.3. The minimum Gasteiger partial charge on any atom is -0.466 e. The standard InChI is InChI=1S/C31H46N3O12P/c1-20(2)14-17-42-26(36)12-11-23(28(38)43-18-15-21(3)4)33-47(41,46-22-9-7-6-8-10-22)44-19-24-27(37)31(5,40)29(45-24)34-16-13-25(35)32-30(34)39/h6-10,13,16,20-21,23-24,27,29,37,40H,11-12,14-15,17-19H2,1-5H3,(H,33,41)(H,32,35,39)/t23-,24+,27+,29+,31+,47?/m0/s1. The molecule has 0 bridgehead atoms. The van der Waals surface area contributed by atoms with Crippen molar-refractivity contribution in [2.45, 2.75) is 90.4 Å². The van der Waals surface area contributed by atoms with Gasteiger partial charge in [0, 0.05) is 18.7 Å². The van der Waals surface area contributed by atoms with Crippen molar-refractivity contribution in [2.75, 3.05) is 19.8 Å². The van der Waals surface area contributed by atoms with Crippen molar-refractivity contribution in [3.05, 3.63) is 63.4 Å². The molecule has 0 amide bonds. The first-order valence-corrected chi connectivity index (χ1v) is 17.1. The van der Waals surface area contributed by atoms with Gasteiger partial charge >= 0.3 is 25.4 Å². The number of aromatic amines is 1. The van der Waals surface area contributed by atoms with Gasteiger partial charge < -0.3 is 28.9 Å². The van der Waals surface area contributed by atoms with Crippen molar-refractivity contribution < 1.29 is 47.6 Å². The van der Waals surface area contributed by atoms with E-state index in [-0.39, 0.29) is 37.7 Å². The Labute approximate surface area is 273 Å². The number of H-pyrrole nitrogens is 1. The van der Waals surface area contributed by atoms with E-state index >= 15 is 0 Å². The SMILES string of the molecule is CC(C)CCOC(=O)CC[C@H](NP(=O)(OC[C@H]1O[C@@H](n2ccc(=O)[nH]c2=O)[C@](C)(O)[C@@H]1O)Oc1ccccc1)C(=O)OCCC(C)C. The van der Waals surface area contributed by atoms with Crippen LogP contribution in [0.15, 0.2) is 52.2 Å². The molecular formula is C31H46N3O12P. The van der Waals surface area contributed by atoms with E-state index in [4.69, 9.17) is 23.3 Å². The van der Waals surface area contributed by atoms with Gasteiger partial charge in [-0.25, -0.2) is 9.36 Å². The van der Waals surface area contributed by atoms with Crippen LogP contribution in [0.4, 0.5) is 0 Å². The number of aliphatic hydroxyl groups excluding tert-OH is 1. The lowest BCUT2D eigenvalue weighted by Crippen LogP contribution is -2.47. The highest BCUT2D eigenvalue weighted by molar-refractivity contribution is 7.52.